The Bertz CT molecular complexity index is 422. The molecule has 1 heterocycles. The van der Waals surface area contributed by atoms with E-state index >= 15 is 0 Å². The summed E-state index contributed by atoms with van der Waals surface area (Å²) in [6, 6.07) is 2.36. The number of hydrogen-bond acceptors (Lipinski definition) is 4. The lowest BCUT2D eigenvalue weighted by Crippen LogP contribution is -2.56. The van der Waals surface area contributed by atoms with E-state index in [-0.39, 0.29) is 11.6 Å². The summed E-state index contributed by atoms with van der Waals surface area (Å²) in [6.07, 6.45) is 8.84. The quantitative estimate of drug-likeness (QED) is 0.619. The number of hydrazine groups is 1. The van der Waals surface area contributed by atoms with Crippen LogP contribution in [0.15, 0.2) is 18.5 Å². The van der Waals surface area contributed by atoms with Crippen LogP contribution in [0.3, 0.4) is 0 Å². The molecule has 1 aromatic rings. The fourth-order valence-electron chi connectivity index (χ4n) is 3.93. The highest BCUT2D eigenvalue weighted by Crippen LogP contribution is 2.44. The van der Waals surface area contributed by atoms with Crippen molar-refractivity contribution in [1.29, 1.82) is 0 Å². The second kappa shape index (κ2) is 6.66. The molecule has 0 radical (unpaired) electrons. The van der Waals surface area contributed by atoms with Gasteiger partial charge in [0.2, 0.25) is 0 Å². The number of rotatable bonds is 6. The van der Waals surface area contributed by atoms with Gasteiger partial charge in [-0.1, -0.05) is 32.8 Å². The summed E-state index contributed by atoms with van der Waals surface area (Å²) in [5.74, 6) is 5.96. The first-order valence-electron chi connectivity index (χ1n) is 7.80. The Morgan fingerprint density at radius 3 is 2.45 bits per heavy atom. The summed E-state index contributed by atoms with van der Waals surface area (Å²) in [7, 11) is 0. The summed E-state index contributed by atoms with van der Waals surface area (Å²) in [5.41, 5.74) is 5.63. The zero-order valence-corrected chi connectivity index (χ0v) is 13.0. The molecule has 0 spiro atoms. The first-order chi connectivity index (χ1) is 9.67. The van der Waals surface area contributed by atoms with E-state index in [1.54, 1.807) is 0 Å². The molecule has 1 unspecified atom stereocenters. The minimum Gasteiger partial charge on any atom is -0.296 e. The van der Waals surface area contributed by atoms with E-state index in [1.807, 2.05) is 12.4 Å². The number of nitrogens with one attached hydrogen (secondary N) is 1. The fourth-order valence-corrected chi connectivity index (χ4v) is 3.93. The Balaban J connectivity index is 2.40. The van der Waals surface area contributed by atoms with Gasteiger partial charge in [0, 0.05) is 17.9 Å². The molecule has 0 bridgehead atoms. The molecule has 1 fully saturated rings. The van der Waals surface area contributed by atoms with Crippen molar-refractivity contribution >= 4 is 0 Å². The molecule has 0 aromatic carbocycles. The molecule has 1 atom stereocenters. The van der Waals surface area contributed by atoms with Gasteiger partial charge in [0.1, 0.15) is 0 Å². The third kappa shape index (κ3) is 2.73. The standard InChI is InChI=1S/C16H28N4/c1-4-20(5-2)16(8-6-7-9-16)15(19-17)14-10-13(3)11-18-12-14/h10-12,15,19H,4-9,17H2,1-3H3. The molecule has 0 amide bonds. The Morgan fingerprint density at radius 1 is 1.30 bits per heavy atom. The lowest BCUT2D eigenvalue weighted by Gasteiger charge is -2.46. The number of likely N-dealkylation sites (N-methyl/N-ethyl adjacent to an activating group) is 1. The van der Waals surface area contributed by atoms with Crippen molar-refractivity contribution in [3.63, 3.8) is 0 Å². The van der Waals surface area contributed by atoms with Crippen LogP contribution in [-0.2, 0) is 0 Å². The molecule has 1 aliphatic rings. The van der Waals surface area contributed by atoms with Crippen molar-refractivity contribution < 1.29 is 0 Å². The zero-order valence-electron chi connectivity index (χ0n) is 13.0. The molecule has 3 N–H and O–H groups in total. The van der Waals surface area contributed by atoms with Crippen LogP contribution in [-0.4, -0.2) is 28.5 Å². The number of nitrogens with two attached hydrogens (primary N) is 1. The Hall–Kier alpha value is -0.970. The molecule has 112 valence electrons. The number of aryl methyl sites for hydroxylation is 1. The van der Waals surface area contributed by atoms with Gasteiger partial charge >= 0.3 is 0 Å². The summed E-state index contributed by atoms with van der Waals surface area (Å²) >= 11 is 0. The molecule has 0 aliphatic heterocycles. The molecular weight excluding hydrogens is 248 g/mol. The van der Waals surface area contributed by atoms with Crippen molar-refractivity contribution in [1.82, 2.24) is 15.3 Å². The number of pyridine rings is 1. The number of hydrogen-bond donors (Lipinski definition) is 2. The number of nitrogens with zero attached hydrogens (tertiary/aromatic N) is 2. The highest BCUT2D eigenvalue weighted by molar-refractivity contribution is 5.25. The van der Waals surface area contributed by atoms with Crippen molar-refractivity contribution in [2.45, 2.75) is 58.0 Å². The van der Waals surface area contributed by atoms with Gasteiger partial charge in [-0.3, -0.25) is 21.2 Å². The van der Waals surface area contributed by atoms with Gasteiger partial charge in [-0.2, -0.15) is 0 Å². The van der Waals surface area contributed by atoms with Gasteiger partial charge in [-0.15, -0.1) is 0 Å². The summed E-state index contributed by atoms with van der Waals surface area (Å²) in [6.45, 7) is 8.70. The van der Waals surface area contributed by atoms with E-state index in [2.05, 4.69) is 42.1 Å². The zero-order chi connectivity index (χ0) is 14.6. The molecule has 4 heteroatoms. The SMILES string of the molecule is CCN(CC)C1(C(NN)c2cncc(C)c2)CCCC1. The monoisotopic (exact) mass is 276 g/mol. The minimum absolute atomic E-state index is 0.133. The van der Waals surface area contributed by atoms with Crippen LogP contribution in [0, 0.1) is 6.92 Å². The average Bonchev–Trinajstić information content (AvgIpc) is 2.91. The predicted octanol–water partition coefficient (Wildman–Crippen LogP) is 2.55. The molecule has 20 heavy (non-hydrogen) atoms. The lowest BCUT2D eigenvalue weighted by atomic mass is 9.82. The fraction of sp³-hybridized carbons (Fsp3) is 0.688. The van der Waals surface area contributed by atoms with Crippen molar-refractivity contribution in [2.24, 2.45) is 5.84 Å². The minimum atomic E-state index is 0.133. The molecular formula is C16H28N4. The van der Waals surface area contributed by atoms with Crippen LogP contribution in [0.4, 0.5) is 0 Å². The summed E-state index contributed by atoms with van der Waals surface area (Å²) < 4.78 is 0. The van der Waals surface area contributed by atoms with E-state index in [4.69, 9.17) is 5.84 Å². The van der Waals surface area contributed by atoms with Crippen LogP contribution in [0.5, 0.6) is 0 Å². The Morgan fingerprint density at radius 2 is 1.95 bits per heavy atom. The van der Waals surface area contributed by atoms with Crippen LogP contribution < -0.4 is 11.3 Å². The van der Waals surface area contributed by atoms with E-state index in [0.717, 1.165) is 13.1 Å². The lowest BCUT2D eigenvalue weighted by molar-refractivity contribution is 0.0625. The largest absolute Gasteiger partial charge is 0.296 e. The molecule has 1 aliphatic carbocycles. The van der Waals surface area contributed by atoms with Gasteiger partial charge in [0.05, 0.1) is 6.04 Å². The first-order valence-corrected chi connectivity index (χ1v) is 7.80. The van der Waals surface area contributed by atoms with E-state index in [9.17, 15) is 0 Å². The van der Waals surface area contributed by atoms with Crippen molar-refractivity contribution in [3.05, 3.63) is 29.6 Å². The molecule has 0 saturated heterocycles. The van der Waals surface area contributed by atoms with Gasteiger partial charge in [-0.05, 0) is 44.0 Å². The van der Waals surface area contributed by atoms with Crippen LogP contribution in [0.1, 0.15) is 56.7 Å². The third-order valence-electron chi connectivity index (χ3n) is 4.80. The summed E-state index contributed by atoms with van der Waals surface area (Å²) in [5, 5.41) is 0. The molecule has 2 rings (SSSR count). The topological polar surface area (TPSA) is 54.2 Å². The maximum absolute atomic E-state index is 5.96. The van der Waals surface area contributed by atoms with Gasteiger partial charge in [0.25, 0.3) is 0 Å². The van der Waals surface area contributed by atoms with E-state index in [0.29, 0.717) is 0 Å². The van der Waals surface area contributed by atoms with Crippen LogP contribution in [0.25, 0.3) is 0 Å². The normalized spacial score (nSPS) is 19.4. The van der Waals surface area contributed by atoms with E-state index in [1.165, 1.54) is 36.8 Å². The molecule has 4 nitrogen and oxygen atoms in total. The molecule has 1 aromatic heterocycles. The van der Waals surface area contributed by atoms with E-state index < -0.39 is 0 Å². The van der Waals surface area contributed by atoms with Crippen molar-refractivity contribution in [3.8, 4) is 0 Å². The predicted molar refractivity (Wildman–Crippen MR) is 83.2 cm³/mol. The maximum Gasteiger partial charge on any atom is 0.0659 e. The van der Waals surface area contributed by atoms with Crippen LogP contribution >= 0.6 is 0 Å². The van der Waals surface area contributed by atoms with Gasteiger partial charge in [-0.25, -0.2) is 0 Å². The first kappa shape index (κ1) is 15.4. The van der Waals surface area contributed by atoms with Gasteiger partial charge < -0.3 is 0 Å². The van der Waals surface area contributed by atoms with Crippen molar-refractivity contribution in [2.75, 3.05) is 13.1 Å². The Labute approximate surface area is 122 Å². The summed E-state index contributed by atoms with van der Waals surface area (Å²) in [4.78, 5) is 6.93. The average molecular weight is 276 g/mol. The second-order valence-corrected chi connectivity index (χ2v) is 5.88. The van der Waals surface area contributed by atoms with Crippen LogP contribution in [0.2, 0.25) is 0 Å². The highest BCUT2D eigenvalue weighted by Gasteiger charge is 2.45. The smallest absolute Gasteiger partial charge is 0.0659 e. The molecule has 1 saturated carbocycles. The maximum atomic E-state index is 5.96. The number of aromatic nitrogens is 1. The van der Waals surface area contributed by atoms with Gasteiger partial charge in [0.15, 0.2) is 0 Å². The Kier molecular flexibility index (Phi) is 5.13. The third-order valence-corrected chi connectivity index (χ3v) is 4.80. The highest BCUT2D eigenvalue weighted by atomic mass is 15.3. The second-order valence-electron chi connectivity index (χ2n) is 5.88.